The summed E-state index contributed by atoms with van der Waals surface area (Å²) in [5, 5.41) is 2.40. The largest absolute Gasteiger partial charge is 0.497 e. The number of carbonyl (C=O) groups excluding carboxylic acids is 3. The number of fused-ring (bicyclic) bond motifs is 1. The van der Waals surface area contributed by atoms with Crippen LogP contribution in [0.2, 0.25) is 18.1 Å². The number of Topliss-reactive ketones (excluding diaryl/α,β-unsaturated/α-hetero) is 1. The molecule has 0 radical (unpaired) electrons. The zero-order valence-electron chi connectivity index (χ0n) is 71.7. The van der Waals surface area contributed by atoms with Crippen LogP contribution in [-0.4, -0.2) is 84.6 Å². The summed E-state index contributed by atoms with van der Waals surface area (Å²) in [5.41, 5.74) is 0.728. The quantitative estimate of drug-likeness (QED) is 0.0330. The van der Waals surface area contributed by atoms with E-state index < -0.39 is 55.4 Å². The SMILES string of the molecule is C#CC#CC#CC#CC#CC#CC#CC#CC#CC#CC#COc1cc(C(=O)Nc2ncnc3c2ncn3[C@@H]2O[C@H](COC(c3ccccc3)(c3ccc(OC)cc3)c3ccc(OC)cc3)C(OC(=O)CCC(C)=O)[C@@H]2O[Si](C)(C)C(C)(C)C)cc(OC#CC#CC#CC#CC#CC#CC#CC#CC#CC#CC#C)c1OC#CC#CC#CC#CC#CC#CC#CC#CC#CC#CC#C. The number of imidazole rings is 1. The Hall–Kier alpha value is -21.4. The number of carbonyl (C=O) groups is 3. The van der Waals surface area contributed by atoms with Crippen molar-refractivity contribution < 1.29 is 56.7 Å². The molecule has 616 valence electrons. The second-order valence-corrected chi connectivity index (χ2v) is 30.6. The van der Waals surface area contributed by atoms with E-state index in [9.17, 15) is 9.59 Å². The maximum Gasteiger partial charge on any atom is 0.306 e. The van der Waals surface area contributed by atoms with Crippen molar-refractivity contribution >= 4 is 43.0 Å². The van der Waals surface area contributed by atoms with Gasteiger partial charge < -0.3 is 52.4 Å². The summed E-state index contributed by atoms with van der Waals surface area (Å²) in [6.45, 7) is 11.4. The van der Waals surface area contributed by atoms with Gasteiger partial charge in [-0.3, -0.25) is 14.2 Å². The van der Waals surface area contributed by atoms with Crippen LogP contribution >= 0.6 is 0 Å². The van der Waals surface area contributed by atoms with Gasteiger partial charge in [0.25, 0.3) is 5.91 Å². The minimum Gasteiger partial charge on any atom is -0.497 e. The standard InChI is InChI=1S/C115H55N5O12Si/c1-12-15-18-21-24-27-30-33-36-39-42-45-48-51-54-57-60-63-66-72-87-126-102-90-96(91-103(127-88-73-67-64-61-58-55-52-49-46-43-40-37-34-31-28-25-22-19-16-13-2)107(102)128-89-74-68-65-62-59-56-53-50-47-44-41-38-35-32-29-26-23-20-17-14-3)112(123)119-110-106-111(117-93-116-110)120(94-118-106)113-109(132-133(10,11)114(5,6)7)108(131-105(122)86-77-95(4)121)104(130-113)92-129-115(97-75-70-69-71-76-97,98-78-82-100(124-8)83-79-98)99-80-84-101(125-9)85-81-99/h1-3,69-71,75-76,78-85,90-91,93-94,104,108-109,113H,77,86,92H2,4-11H3,(H,116,117,119,123)/t104-,108?,109+,113-/m1/s1. The monoisotopic (exact) mass is 1730 g/mol. The number of anilines is 1. The molecule has 3 heterocycles. The molecule has 1 amide bonds. The summed E-state index contributed by atoms with van der Waals surface area (Å²) >= 11 is 0. The van der Waals surface area contributed by atoms with Crippen LogP contribution in [0.15, 0.2) is 104 Å². The third-order valence-electron chi connectivity index (χ3n) is 16.5. The molecule has 0 aliphatic carbocycles. The maximum atomic E-state index is 15.1. The molecule has 0 saturated carbocycles. The van der Waals surface area contributed by atoms with E-state index in [2.05, 4.69) is 405 Å². The molecule has 4 aromatic carbocycles. The molecule has 18 heteroatoms. The third kappa shape index (κ3) is 34.8. The lowest BCUT2D eigenvalue weighted by atomic mass is 9.80. The first-order valence-electron chi connectivity index (χ1n) is 38.0. The second kappa shape index (κ2) is 57.1. The van der Waals surface area contributed by atoms with Crippen LogP contribution in [0.3, 0.4) is 0 Å². The van der Waals surface area contributed by atoms with Gasteiger partial charge in [-0.2, -0.15) is 0 Å². The number of nitrogens with one attached hydrogen (secondary N) is 1. The van der Waals surface area contributed by atoms with Crippen LogP contribution in [0.1, 0.15) is 73.8 Å². The topological polar surface area (TPSA) is 190 Å². The Bertz CT molecular complexity index is 7710. The molecule has 133 heavy (non-hydrogen) atoms. The van der Waals surface area contributed by atoms with Crippen molar-refractivity contribution in [3.63, 3.8) is 0 Å². The van der Waals surface area contributed by atoms with Crippen molar-refractivity contribution in [1.29, 1.82) is 0 Å². The Morgan fingerprint density at radius 2 is 0.782 bits per heavy atom. The highest BCUT2D eigenvalue weighted by Crippen LogP contribution is 2.47. The molecule has 1 fully saturated rings. The van der Waals surface area contributed by atoms with Gasteiger partial charge in [0.05, 0.1) is 33.6 Å². The molecule has 4 atom stereocenters. The van der Waals surface area contributed by atoms with E-state index in [4.69, 9.17) is 71.6 Å². The van der Waals surface area contributed by atoms with Gasteiger partial charge >= 0.3 is 5.97 Å². The Morgan fingerprint density at radius 3 is 1.13 bits per heavy atom. The molecule has 6 aromatic rings. The Kier molecular flexibility index (Phi) is 42.4. The van der Waals surface area contributed by atoms with Crippen LogP contribution in [0.5, 0.6) is 28.7 Å². The fraction of sp³-hybridized carbons (Fsp3) is 0.148. The van der Waals surface area contributed by atoms with Crippen LogP contribution in [0, 0.1) is 393 Å². The van der Waals surface area contributed by atoms with E-state index in [-0.39, 0.29) is 65.0 Å². The molecule has 1 aliphatic heterocycles. The van der Waals surface area contributed by atoms with Gasteiger partial charge in [-0.15, -0.1) is 19.3 Å². The number of ketones is 1. The van der Waals surface area contributed by atoms with Gasteiger partial charge in [-0.25, -0.2) is 15.0 Å². The average molecular weight is 1730 g/mol. The molecular weight excluding hydrogens is 1670 g/mol. The number of hydrogen-bond acceptors (Lipinski definition) is 15. The fourth-order valence-electron chi connectivity index (χ4n) is 9.91. The Labute approximate surface area is 776 Å². The summed E-state index contributed by atoms with van der Waals surface area (Å²) < 4.78 is 59.2. The van der Waals surface area contributed by atoms with E-state index in [0.29, 0.717) is 22.6 Å². The lowest BCUT2D eigenvalue weighted by molar-refractivity contribution is -0.159. The van der Waals surface area contributed by atoms with Gasteiger partial charge in [0.2, 0.25) is 5.75 Å². The number of amides is 1. The van der Waals surface area contributed by atoms with Crippen LogP contribution in [0.4, 0.5) is 5.82 Å². The van der Waals surface area contributed by atoms with Crippen LogP contribution in [-0.2, 0) is 33.8 Å². The van der Waals surface area contributed by atoms with E-state index in [0.717, 1.165) is 5.56 Å². The first-order valence-corrected chi connectivity index (χ1v) is 40.9. The van der Waals surface area contributed by atoms with E-state index in [1.807, 2.05) is 92.0 Å². The summed E-state index contributed by atoms with van der Waals surface area (Å²) in [5.74, 6) is 147. The molecule has 0 bridgehead atoms. The third-order valence-corrected chi connectivity index (χ3v) is 20.9. The molecule has 1 aliphatic rings. The Balaban J connectivity index is 1.31. The number of esters is 1. The number of nitrogens with zero attached hydrogens (tertiary/aromatic N) is 4. The lowest BCUT2D eigenvalue weighted by Crippen LogP contribution is -2.50. The zero-order valence-corrected chi connectivity index (χ0v) is 72.7. The first-order chi connectivity index (χ1) is 65.0. The molecule has 1 unspecified atom stereocenters. The van der Waals surface area contributed by atoms with Crippen molar-refractivity contribution in [2.24, 2.45) is 0 Å². The maximum absolute atomic E-state index is 15.1. The summed E-state index contributed by atoms with van der Waals surface area (Å²) in [4.78, 5) is 55.8. The highest BCUT2D eigenvalue weighted by Gasteiger charge is 2.54. The summed E-state index contributed by atoms with van der Waals surface area (Å²) in [6.07, 6.45) is 20.1. The van der Waals surface area contributed by atoms with Gasteiger partial charge in [0.1, 0.15) is 59.7 Å². The van der Waals surface area contributed by atoms with Crippen molar-refractivity contribution in [1.82, 2.24) is 19.5 Å². The van der Waals surface area contributed by atoms with Gasteiger partial charge in [-0.1, -0.05) is 75.4 Å². The summed E-state index contributed by atoms with van der Waals surface area (Å²) in [7, 11) is 0.221. The Morgan fingerprint density at radius 1 is 0.436 bits per heavy atom. The predicted molar refractivity (Wildman–Crippen MR) is 505 cm³/mol. The number of terminal acetylenes is 3. The van der Waals surface area contributed by atoms with Gasteiger partial charge in [0.15, 0.2) is 49.1 Å². The number of rotatable bonds is 20. The van der Waals surface area contributed by atoms with Crippen LogP contribution < -0.4 is 29.0 Å². The van der Waals surface area contributed by atoms with Crippen molar-refractivity contribution in [3.8, 4) is 422 Å². The van der Waals surface area contributed by atoms with Crippen molar-refractivity contribution in [3.05, 3.63) is 126 Å². The smallest absolute Gasteiger partial charge is 0.306 e. The summed E-state index contributed by atoms with van der Waals surface area (Å²) in [6, 6.07) is 27.0. The number of aromatic nitrogens is 4. The van der Waals surface area contributed by atoms with Gasteiger partial charge in [0, 0.05) is 225 Å². The fourth-order valence-corrected chi connectivity index (χ4v) is 11.2. The zero-order chi connectivity index (χ0) is 94.9. The minimum absolute atomic E-state index is 0.0494. The number of hydrogen-bond donors (Lipinski definition) is 1. The molecule has 0 spiro atoms. The highest BCUT2D eigenvalue weighted by molar-refractivity contribution is 6.74. The minimum atomic E-state index is -2.93. The normalized spacial score (nSPS) is 10.9. The molecular formula is C115H55N5O12Si. The number of methoxy groups -OCH3 is 2. The number of benzene rings is 4. The average Bonchev–Trinajstić information content (AvgIpc) is 1.74. The molecule has 1 N–H and O–H groups in total. The predicted octanol–water partition coefficient (Wildman–Crippen LogP) is 8.68. The first kappa shape index (κ1) is 98.7. The van der Waals surface area contributed by atoms with E-state index in [1.165, 1.54) is 31.7 Å². The van der Waals surface area contributed by atoms with Crippen molar-refractivity contribution in [2.45, 2.75) is 88.8 Å². The van der Waals surface area contributed by atoms with E-state index in [1.54, 1.807) is 18.8 Å². The number of ether oxygens (including phenoxy) is 8. The highest BCUT2D eigenvalue weighted by atomic mass is 28.4. The van der Waals surface area contributed by atoms with Crippen molar-refractivity contribution in [2.75, 3.05) is 26.1 Å². The molecule has 1 saturated heterocycles. The van der Waals surface area contributed by atoms with E-state index >= 15 is 4.79 Å². The lowest BCUT2D eigenvalue weighted by Gasteiger charge is -2.40. The van der Waals surface area contributed by atoms with Crippen LogP contribution in [0.25, 0.3) is 11.2 Å². The second-order valence-electron chi connectivity index (χ2n) is 25.9. The van der Waals surface area contributed by atoms with Gasteiger partial charge in [-0.05, 0) is 220 Å². The molecule has 17 nitrogen and oxygen atoms in total. The molecule has 2 aromatic heterocycles. The molecule has 7 rings (SSSR count).